The molecule has 3 nitrogen and oxygen atoms in total. The second-order valence-corrected chi connectivity index (χ2v) is 4.34. The Bertz CT molecular complexity index is 442. The van der Waals surface area contributed by atoms with Crippen molar-refractivity contribution in [1.82, 2.24) is 5.32 Å². The van der Waals surface area contributed by atoms with Crippen molar-refractivity contribution in [3.05, 3.63) is 29.3 Å². The maximum absolute atomic E-state index is 13.5. The Morgan fingerprint density at radius 1 is 1.33 bits per heavy atom. The van der Waals surface area contributed by atoms with E-state index in [4.69, 9.17) is 10.00 Å². The fourth-order valence-electron chi connectivity index (χ4n) is 2.01. The maximum Gasteiger partial charge on any atom is 0.190 e. The molecule has 0 radical (unpaired) electrons. The van der Waals surface area contributed by atoms with Crippen molar-refractivity contribution < 1.29 is 13.5 Å². The van der Waals surface area contributed by atoms with Gasteiger partial charge in [0.05, 0.1) is 11.6 Å². The monoisotopic (exact) mass is 252 g/mol. The number of nitrogens with zero attached hydrogens (tertiary/aromatic N) is 1. The van der Waals surface area contributed by atoms with Gasteiger partial charge in [-0.25, -0.2) is 8.78 Å². The van der Waals surface area contributed by atoms with Gasteiger partial charge in [-0.1, -0.05) is 6.42 Å². The quantitative estimate of drug-likeness (QED) is 0.898. The predicted molar refractivity (Wildman–Crippen MR) is 62.2 cm³/mol. The van der Waals surface area contributed by atoms with Gasteiger partial charge in [0.2, 0.25) is 0 Å². The number of piperidine rings is 1. The third-order valence-electron chi connectivity index (χ3n) is 2.97. The molecule has 5 heteroatoms. The topological polar surface area (TPSA) is 45.0 Å². The average molecular weight is 252 g/mol. The number of ether oxygens (including phenoxy) is 1. The van der Waals surface area contributed by atoms with E-state index in [2.05, 4.69) is 5.32 Å². The highest BCUT2D eigenvalue weighted by atomic mass is 19.1. The Hall–Kier alpha value is -1.67. The van der Waals surface area contributed by atoms with Gasteiger partial charge in [-0.3, -0.25) is 0 Å². The Morgan fingerprint density at radius 3 is 2.61 bits per heavy atom. The van der Waals surface area contributed by atoms with E-state index in [1.54, 1.807) is 6.07 Å². The van der Waals surface area contributed by atoms with Crippen LogP contribution < -0.4 is 10.1 Å². The second-order valence-electron chi connectivity index (χ2n) is 4.34. The van der Waals surface area contributed by atoms with E-state index in [1.165, 1.54) is 0 Å². The lowest BCUT2D eigenvalue weighted by atomic mass is 10.1. The van der Waals surface area contributed by atoms with Crippen molar-refractivity contribution >= 4 is 0 Å². The first-order valence-corrected chi connectivity index (χ1v) is 5.96. The van der Waals surface area contributed by atoms with E-state index in [-0.39, 0.29) is 18.2 Å². The standard InChI is InChI=1S/C13H14F2N2O/c14-11-5-9(7-16)6-12(15)13(11)18-8-10-3-1-2-4-17-10/h5-6,10,17H,1-4,8H2. The van der Waals surface area contributed by atoms with Gasteiger partial charge in [-0.05, 0) is 31.5 Å². The van der Waals surface area contributed by atoms with Crippen LogP contribution in [0.2, 0.25) is 0 Å². The van der Waals surface area contributed by atoms with Crippen LogP contribution in [0.15, 0.2) is 12.1 Å². The first kappa shape index (κ1) is 12.8. The lowest BCUT2D eigenvalue weighted by Crippen LogP contribution is -2.38. The van der Waals surface area contributed by atoms with E-state index in [9.17, 15) is 8.78 Å². The van der Waals surface area contributed by atoms with E-state index in [0.717, 1.165) is 37.9 Å². The van der Waals surface area contributed by atoms with E-state index in [0.29, 0.717) is 0 Å². The average Bonchev–Trinajstić information content (AvgIpc) is 2.38. The van der Waals surface area contributed by atoms with Crippen LogP contribution in [0, 0.1) is 23.0 Å². The summed E-state index contributed by atoms with van der Waals surface area (Å²) in [7, 11) is 0. The van der Waals surface area contributed by atoms with Crippen molar-refractivity contribution in [2.45, 2.75) is 25.3 Å². The minimum absolute atomic E-state index is 0.0480. The van der Waals surface area contributed by atoms with Crippen molar-refractivity contribution in [2.24, 2.45) is 0 Å². The lowest BCUT2D eigenvalue weighted by molar-refractivity contribution is 0.222. The number of benzene rings is 1. The number of hydrogen-bond donors (Lipinski definition) is 1. The molecular formula is C13H14F2N2O. The molecule has 1 N–H and O–H groups in total. The van der Waals surface area contributed by atoms with Crippen LogP contribution in [-0.4, -0.2) is 19.2 Å². The summed E-state index contributed by atoms with van der Waals surface area (Å²) in [6, 6.07) is 3.78. The van der Waals surface area contributed by atoms with Gasteiger partial charge in [0.25, 0.3) is 0 Å². The molecule has 1 aromatic carbocycles. The Balaban J connectivity index is 2.02. The highest BCUT2D eigenvalue weighted by molar-refractivity contribution is 5.37. The molecule has 0 saturated carbocycles. The lowest BCUT2D eigenvalue weighted by Gasteiger charge is -2.23. The van der Waals surface area contributed by atoms with Crippen LogP contribution >= 0.6 is 0 Å². The van der Waals surface area contributed by atoms with Crippen molar-refractivity contribution in [3.8, 4) is 11.8 Å². The fraction of sp³-hybridized carbons (Fsp3) is 0.462. The molecule has 0 amide bonds. The Kier molecular flexibility index (Phi) is 4.11. The Labute approximate surface area is 104 Å². The van der Waals surface area contributed by atoms with Crippen LogP contribution in [0.4, 0.5) is 8.78 Å². The molecule has 0 aromatic heterocycles. The molecule has 1 aliphatic rings. The van der Waals surface area contributed by atoms with Crippen LogP contribution in [0.3, 0.4) is 0 Å². The summed E-state index contributed by atoms with van der Waals surface area (Å²) in [5.41, 5.74) is -0.0480. The summed E-state index contributed by atoms with van der Waals surface area (Å²) >= 11 is 0. The zero-order chi connectivity index (χ0) is 13.0. The molecule has 1 atom stereocenters. The van der Waals surface area contributed by atoms with Gasteiger partial charge >= 0.3 is 0 Å². The normalized spacial score (nSPS) is 19.3. The third kappa shape index (κ3) is 2.96. The van der Waals surface area contributed by atoms with Gasteiger partial charge in [-0.15, -0.1) is 0 Å². The van der Waals surface area contributed by atoms with Crippen molar-refractivity contribution in [1.29, 1.82) is 5.26 Å². The van der Waals surface area contributed by atoms with Crippen LogP contribution in [0.1, 0.15) is 24.8 Å². The molecule has 1 saturated heterocycles. The molecule has 0 spiro atoms. The van der Waals surface area contributed by atoms with Crippen molar-refractivity contribution in [3.63, 3.8) is 0 Å². The zero-order valence-corrected chi connectivity index (χ0v) is 9.88. The van der Waals surface area contributed by atoms with E-state index < -0.39 is 17.4 Å². The predicted octanol–water partition coefficient (Wildman–Crippen LogP) is 2.36. The molecule has 2 rings (SSSR count). The van der Waals surface area contributed by atoms with E-state index >= 15 is 0 Å². The molecule has 0 bridgehead atoms. The van der Waals surface area contributed by atoms with Crippen LogP contribution in [0.25, 0.3) is 0 Å². The first-order valence-electron chi connectivity index (χ1n) is 5.96. The second kappa shape index (κ2) is 5.78. The molecular weight excluding hydrogens is 238 g/mol. The van der Waals surface area contributed by atoms with Gasteiger partial charge in [0.1, 0.15) is 6.61 Å². The maximum atomic E-state index is 13.5. The van der Waals surface area contributed by atoms with Gasteiger partial charge < -0.3 is 10.1 Å². The van der Waals surface area contributed by atoms with Gasteiger partial charge in [-0.2, -0.15) is 5.26 Å². The highest BCUT2D eigenvalue weighted by Crippen LogP contribution is 2.23. The Morgan fingerprint density at radius 2 is 2.06 bits per heavy atom. The fourth-order valence-corrected chi connectivity index (χ4v) is 2.01. The molecule has 18 heavy (non-hydrogen) atoms. The first-order chi connectivity index (χ1) is 8.70. The number of halogens is 2. The highest BCUT2D eigenvalue weighted by Gasteiger charge is 2.17. The number of nitriles is 1. The SMILES string of the molecule is N#Cc1cc(F)c(OCC2CCCCN2)c(F)c1. The number of rotatable bonds is 3. The van der Waals surface area contributed by atoms with E-state index in [1.807, 2.05) is 0 Å². The summed E-state index contributed by atoms with van der Waals surface area (Å²) < 4.78 is 32.2. The summed E-state index contributed by atoms with van der Waals surface area (Å²) in [5.74, 6) is -2.06. The minimum Gasteiger partial charge on any atom is -0.486 e. The molecule has 1 fully saturated rings. The minimum atomic E-state index is -0.831. The van der Waals surface area contributed by atoms with Crippen LogP contribution in [0.5, 0.6) is 5.75 Å². The number of nitrogens with one attached hydrogen (secondary N) is 1. The van der Waals surface area contributed by atoms with Gasteiger partial charge in [0, 0.05) is 6.04 Å². The molecule has 0 aliphatic carbocycles. The number of hydrogen-bond acceptors (Lipinski definition) is 3. The molecule has 96 valence electrons. The molecule has 1 aliphatic heterocycles. The van der Waals surface area contributed by atoms with Crippen molar-refractivity contribution in [2.75, 3.05) is 13.2 Å². The third-order valence-corrected chi connectivity index (χ3v) is 2.97. The smallest absolute Gasteiger partial charge is 0.190 e. The van der Waals surface area contributed by atoms with Gasteiger partial charge in [0.15, 0.2) is 17.4 Å². The molecule has 1 aromatic rings. The summed E-state index contributed by atoms with van der Waals surface area (Å²) in [6.45, 7) is 1.14. The summed E-state index contributed by atoms with van der Waals surface area (Å²) in [4.78, 5) is 0. The zero-order valence-electron chi connectivity index (χ0n) is 9.88. The summed E-state index contributed by atoms with van der Waals surface area (Å²) in [6.07, 6.45) is 3.16. The molecule has 1 unspecified atom stereocenters. The summed E-state index contributed by atoms with van der Waals surface area (Å²) in [5, 5.41) is 11.8. The van der Waals surface area contributed by atoms with Crippen LogP contribution in [-0.2, 0) is 0 Å². The largest absolute Gasteiger partial charge is 0.486 e. The molecule has 1 heterocycles.